The van der Waals surface area contributed by atoms with Gasteiger partial charge >= 0.3 is 0 Å². The summed E-state index contributed by atoms with van der Waals surface area (Å²) in [5.74, 6) is 0.0818. The van der Waals surface area contributed by atoms with E-state index in [1.807, 2.05) is 79.5 Å². The van der Waals surface area contributed by atoms with Gasteiger partial charge in [-0.3, -0.25) is 4.79 Å². The molecule has 2 rings (SSSR count). The largest absolute Gasteiger partial charge is 0.319 e. The van der Waals surface area contributed by atoms with Gasteiger partial charge in [-0.25, -0.2) is 0 Å². The van der Waals surface area contributed by atoms with Crippen molar-refractivity contribution in [3.63, 3.8) is 0 Å². The summed E-state index contributed by atoms with van der Waals surface area (Å²) in [5.41, 5.74) is 2.07. The molecule has 0 fully saturated rings. The molecular weight excluding hydrogens is 260 g/mol. The first-order chi connectivity index (χ1) is 10.2. The lowest BCUT2D eigenvalue weighted by molar-refractivity contribution is -0.121. The van der Waals surface area contributed by atoms with Crippen molar-refractivity contribution < 1.29 is 4.79 Å². The summed E-state index contributed by atoms with van der Waals surface area (Å²) in [6.07, 6.45) is 0. The van der Waals surface area contributed by atoms with Crippen molar-refractivity contribution in [2.24, 2.45) is 5.92 Å². The average molecular weight is 282 g/mol. The Kier molecular flexibility index (Phi) is 5.52. The summed E-state index contributed by atoms with van der Waals surface area (Å²) in [6.45, 7) is 3.23. The Balaban J connectivity index is 2.24. The first-order valence-electron chi connectivity index (χ1n) is 7.27. The van der Waals surface area contributed by atoms with Gasteiger partial charge in [-0.2, -0.15) is 0 Å². The number of amides is 1. The molecule has 0 aromatic heterocycles. The highest BCUT2D eigenvalue weighted by molar-refractivity contribution is 5.94. The minimum Gasteiger partial charge on any atom is -0.319 e. The third-order valence-corrected chi connectivity index (χ3v) is 3.45. The molecule has 2 aromatic carbocycles. The normalized spacial score (nSPS) is 11.9. The molecule has 0 aliphatic heterocycles. The molecule has 0 aliphatic carbocycles. The molecule has 1 N–H and O–H groups in total. The second kappa shape index (κ2) is 7.60. The lowest BCUT2D eigenvalue weighted by atomic mass is 10.1. The fourth-order valence-corrected chi connectivity index (χ4v) is 2.33. The zero-order valence-corrected chi connectivity index (χ0v) is 12.6. The molecule has 0 radical (unpaired) electrons. The van der Waals surface area contributed by atoms with Gasteiger partial charge in [-0.1, -0.05) is 55.5 Å². The van der Waals surface area contributed by atoms with Crippen LogP contribution in [0.4, 0.5) is 5.69 Å². The summed E-state index contributed by atoms with van der Waals surface area (Å²) in [7, 11) is 1.87. The third kappa shape index (κ3) is 4.17. The summed E-state index contributed by atoms with van der Waals surface area (Å²) >= 11 is 0. The Bertz CT molecular complexity index is 554. The van der Waals surface area contributed by atoms with E-state index in [4.69, 9.17) is 0 Å². The molecule has 0 spiro atoms. The molecule has 3 nitrogen and oxygen atoms in total. The molecule has 0 saturated heterocycles. The number of hydrogen-bond donors (Lipinski definition) is 1. The van der Waals surface area contributed by atoms with E-state index in [-0.39, 0.29) is 11.8 Å². The zero-order valence-electron chi connectivity index (χ0n) is 12.6. The van der Waals surface area contributed by atoms with Gasteiger partial charge in [0.15, 0.2) is 0 Å². The predicted molar refractivity (Wildman–Crippen MR) is 87.2 cm³/mol. The van der Waals surface area contributed by atoms with Gasteiger partial charge in [0, 0.05) is 18.2 Å². The number of anilines is 1. The van der Waals surface area contributed by atoms with E-state index >= 15 is 0 Å². The molecule has 2 aromatic rings. The molecular formula is C18H22N2O. The molecule has 3 heteroatoms. The Morgan fingerprint density at radius 1 is 1.05 bits per heavy atom. The van der Waals surface area contributed by atoms with Gasteiger partial charge in [-0.05, 0) is 24.7 Å². The van der Waals surface area contributed by atoms with Crippen molar-refractivity contribution in [3.8, 4) is 0 Å². The van der Waals surface area contributed by atoms with Gasteiger partial charge in [0.25, 0.3) is 0 Å². The van der Waals surface area contributed by atoms with Crippen molar-refractivity contribution >= 4 is 11.6 Å². The quantitative estimate of drug-likeness (QED) is 0.883. The van der Waals surface area contributed by atoms with Crippen LogP contribution in [0, 0.1) is 5.92 Å². The molecule has 0 aliphatic rings. The Morgan fingerprint density at radius 3 is 2.19 bits per heavy atom. The number of carbonyl (C=O) groups excluding carboxylic acids is 1. The highest BCUT2D eigenvalue weighted by Crippen LogP contribution is 2.19. The van der Waals surface area contributed by atoms with Crippen LogP contribution in [0.25, 0.3) is 0 Å². The van der Waals surface area contributed by atoms with E-state index in [0.29, 0.717) is 13.1 Å². The second-order valence-electron chi connectivity index (χ2n) is 5.20. The number of hydrogen-bond acceptors (Lipinski definition) is 2. The maximum absolute atomic E-state index is 12.7. The Hall–Kier alpha value is -2.13. The molecule has 1 atom stereocenters. The SMILES string of the molecule is CNCC(C)C(=O)N(Cc1ccccc1)c1ccccc1. The number of nitrogens with one attached hydrogen (secondary N) is 1. The maximum atomic E-state index is 12.7. The van der Waals surface area contributed by atoms with Crippen LogP contribution in [-0.4, -0.2) is 19.5 Å². The van der Waals surface area contributed by atoms with Gasteiger partial charge in [0.1, 0.15) is 0 Å². The van der Waals surface area contributed by atoms with Crippen molar-refractivity contribution in [3.05, 3.63) is 66.2 Å². The zero-order chi connectivity index (χ0) is 15.1. The van der Waals surface area contributed by atoms with Crippen LogP contribution in [0.3, 0.4) is 0 Å². The van der Waals surface area contributed by atoms with Crippen LogP contribution >= 0.6 is 0 Å². The van der Waals surface area contributed by atoms with Crippen LogP contribution in [0.5, 0.6) is 0 Å². The van der Waals surface area contributed by atoms with Gasteiger partial charge in [-0.15, -0.1) is 0 Å². The molecule has 0 saturated carbocycles. The van der Waals surface area contributed by atoms with Crippen molar-refractivity contribution in [2.45, 2.75) is 13.5 Å². The maximum Gasteiger partial charge on any atom is 0.231 e. The highest BCUT2D eigenvalue weighted by Gasteiger charge is 2.21. The van der Waals surface area contributed by atoms with Gasteiger partial charge in [0.2, 0.25) is 5.91 Å². The standard InChI is InChI=1S/C18H22N2O/c1-15(13-19-2)18(21)20(17-11-7-4-8-12-17)14-16-9-5-3-6-10-16/h3-12,15,19H,13-14H2,1-2H3. The number of rotatable bonds is 6. The highest BCUT2D eigenvalue weighted by atomic mass is 16.2. The smallest absolute Gasteiger partial charge is 0.231 e. The summed E-state index contributed by atoms with van der Waals surface area (Å²) in [5, 5.41) is 3.07. The fraction of sp³-hybridized carbons (Fsp3) is 0.278. The van der Waals surface area contributed by atoms with Crippen LogP contribution < -0.4 is 10.2 Å². The van der Waals surface area contributed by atoms with E-state index in [1.165, 1.54) is 0 Å². The van der Waals surface area contributed by atoms with Crippen LogP contribution in [0.1, 0.15) is 12.5 Å². The fourth-order valence-electron chi connectivity index (χ4n) is 2.33. The van der Waals surface area contributed by atoms with Crippen molar-refractivity contribution in [1.82, 2.24) is 5.32 Å². The molecule has 21 heavy (non-hydrogen) atoms. The monoisotopic (exact) mass is 282 g/mol. The third-order valence-electron chi connectivity index (χ3n) is 3.45. The van der Waals surface area contributed by atoms with E-state index in [0.717, 1.165) is 11.3 Å². The molecule has 1 amide bonds. The summed E-state index contributed by atoms with van der Waals surface area (Å²) < 4.78 is 0. The number of nitrogens with zero attached hydrogens (tertiary/aromatic N) is 1. The Labute approximate surface area is 126 Å². The van der Waals surface area contributed by atoms with Gasteiger partial charge in [0.05, 0.1) is 6.54 Å². The molecule has 0 bridgehead atoms. The Morgan fingerprint density at radius 2 is 1.62 bits per heavy atom. The van der Waals surface area contributed by atoms with E-state index in [1.54, 1.807) is 0 Å². The van der Waals surface area contributed by atoms with Crippen LogP contribution in [-0.2, 0) is 11.3 Å². The topological polar surface area (TPSA) is 32.3 Å². The lowest BCUT2D eigenvalue weighted by Gasteiger charge is -2.26. The summed E-state index contributed by atoms with van der Waals surface area (Å²) in [4.78, 5) is 14.6. The first-order valence-corrected chi connectivity index (χ1v) is 7.27. The average Bonchev–Trinajstić information content (AvgIpc) is 2.54. The van der Waals surface area contributed by atoms with E-state index in [2.05, 4.69) is 5.32 Å². The second-order valence-corrected chi connectivity index (χ2v) is 5.20. The number of para-hydroxylation sites is 1. The van der Waals surface area contributed by atoms with Gasteiger partial charge < -0.3 is 10.2 Å². The van der Waals surface area contributed by atoms with Crippen molar-refractivity contribution in [1.29, 1.82) is 0 Å². The van der Waals surface area contributed by atoms with E-state index < -0.39 is 0 Å². The van der Waals surface area contributed by atoms with Crippen LogP contribution in [0.15, 0.2) is 60.7 Å². The van der Waals surface area contributed by atoms with Crippen molar-refractivity contribution in [2.75, 3.05) is 18.5 Å². The minimum atomic E-state index is -0.0566. The molecule has 1 unspecified atom stereocenters. The minimum absolute atomic E-state index is 0.0566. The lowest BCUT2D eigenvalue weighted by Crippen LogP contribution is -2.38. The molecule has 110 valence electrons. The number of benzene rings is 2. The molecule has 0 heterocycles. The summed E-state index contributed by atoms with van der Waals surface area (Å²) in [6, 6.07) is 19.9. The predicted octanol–water partition coefficient (Wildman–Crippen LogP) is 3.08. The van der Waals surface area contributed by atoms with Crippen LogP contribution in [0.2, 0.25) is 0 Å². The first kappa shape index (κ1) is 15.3. The van der Waals surface area contributed by atoms with E-state index in [9.17, 15) is 4.79 Å². The number of carbonyl (C=O) groups is 1.